The van der Waals surface area contributed by atoms with Crippen molar-refractivity contribution in [2.45, 2.75) is 31.5 Å². The first-order valence-corrected chi connectivity index (χ1v) is 8.47. The normalized spacial score (nSPS) is 23.0. The summed E-state index contributed by atoms with van der Waals surface area (Å²) in [6.07, 6.45) is -1.22. The first-order valence-electron chi connectivity index (χ1n) is 8.47. The highest BCUT2D eigenvalue weighted by Gasteiger charge is 2.34. The topological polar surface area (TPSA) is 61.4 Å². The summed E-state index contributed by atoms with van der Waals surface area (Å²) in [6, 6.07) is 1.06. The van der Waals surface area contributed by atoms with Gasteiger partial charge < -0.3 is 15.1 Å². The number of hydrogen-bond donors (Lipinski definition) is 1. The summed E-state index contributed by atoms with van der Waals surface area (Å²) in [5.41, 5.74) is -0.942. The average molecular weight is 357 g/mol. The number of likely N-dealkylation sites (tertiary alicyclic amines) is 1. The molecule has 0 unspecified atom stereocenters. The van der Waals surface area contributed by atoms with Crippen LogP contribution in [0.2, 0.25) is 0 Å². The second-order valence-corrected chi connectivity index (χ2v) is 6.76. The number of carbonyl (C=O) groups excluding carboxylic acids is 1. The van der Waals surface area contributed by atoms with Crippen LogP contribution >= 0.6 is 0 Å². The average Bonchev–Trinajstić information content (AvgIpc) is 2.99. The maximum atomic E-state index is 12.8. The van der Waals surface area contributed by atoms with Crippen LogP contribution in [0.1, 0.15) is 25.0 Å². The lowest BCUT2D eigenvalue weighted by molar-refractivity contribution is -0.141. The zero-order chi connectivity index (χ0) is 18.0. The molecule has 2 saturated heterocycles. The molecule has 1 N–H and O–H groups in total. The Morgan fingerprint density at radius 2 is 1.96 bits per heavy atom. The molecule has 0 bridgehead atoms. The number of nitrogens with one attached hydrogen (secondary N) is 1. The minimum Gasteiger partial charge on any atom is -0.352 e. The van der Waals surface area contributed by atoms with Gasteiger partial charge in [-0.2, -0.15) is 13.2 Å². The summed E-state index contributed by atoms with van der Waals surface area (Å²) < 4.78 is 38.3. The molecule has 1 aromatic heterocycles. The Morgan fingerprint density at radius 1 is 1.24 bits per heavy atom. The summed E-state index contributed by atoms with van der Waals surface area (Å²) in [4.78, 5) is 23.8. The number of nitrogens with zero attached hydrogens (tertiary/aromatic N) is 4. The molecule has 0 spiro atoms. The molecule has 2 aliphatic heterocycles. The van der Waals surface area contributed by atoms with E-state index in [0.29, 0.717) is 25.9 Å². The molecular formula is C16H22F3N5O. The molecule has 1 atom stereocenters. The molecule has 0 saturated carbocycles. The number of aromatic nitrogens is 2. The van der Waals surface area contributed by atoms with E-state index in [9.17, 15) is 18.0 Å². The number of piperidine rings is 1. The van der Waals surface area contributed by atoms with Crippen LogP contribution in [-0.2, 0) is 11.0 Å². The number of likely N-dealkylation sites (N-methyl/N-ethyl adjacent to an activating group) is 1. The monoisotopic (exact) mass is 357 g/mol. The molecule has 0 aliphatic carbocycles. The third-order valence-electron chi connectivity index (χ3n) is 4.82. The molecule has 9 heteroatoms. The SMILES string of the molecule is CN1CC[C@@H](NC(=O)C2CCN(c3nccc(C(F)(F)F)n3)CC2)C1. The third-order valence-corrected chi connectivity index (χ3v) is 4.82. The van der Waals surface area contributed by atoms with Crippen LogP contribution in [0.25, 0.3) is 0 Å². The molecule has 2 aliphatic rings. The number of rotatable bonds is 3. The molecule has 3 heterocycles. The fourth-order valence-corrected chi connectivity index (χ4v) is 3.37. The quantitative estimate of drug-likeness (QED) is 0.889. The van der Waals surface area contributed by atoms with Gasteiger partial charge in [-0.1, -0.05) is 0 Å². The van der Waals surface area contributed by atoms with Crippen molar-refractivity contribution in [3.8, 4) is 0 Å². The van der Waals surface area contributed by atoms with Gasteiger partial charge in [-0.15, -0.1) is 0 Å². The van der Waals surface area contributed by atoms with Crippen molar-refractivity contribution in [3.63, 3.8) is 0 Å². The van der Waals surface area contributed by atoms with E-state index in [-0.39, 0.29) is 23.8 Å². The largest absolute Gasteiger partial charge is 0.433 e. The van der Waals surface area contributed by atoms with Gasteiger partial charge in [0.1, 0.15) is 5.69 Å². The van der Waals surface area contributed by atoms with E-state index in [2.05, 4.69) is 20.2 Å². The van der Waals surface area contributed by atoms with Crippen molar-refractivity contribution in [3.05, 3.63) is 18.0 Å². The summed E-state index contributed by atoms with van der Waals surface area (Å²) in [5, 5.41) is 3.08. The number of amides is 1. The second-order valence-electron chi connectivity index (χ2n) is 6.76. The van der Waals surface area contributed by atoms with Crippen LogP contribution in [0.15, 0.2) is 12.3 Å². The second kappa shape index (κ2) is 7.15. The maximum absolute atomic E-state index is 12.8. The number of hydrogen-bond acceptors (Lipinski definition) is 5. The Hall–Kier alpha value is -1.90. The summed E-state index contributed by atoms with van der Waals surface area (Å²) in [5.74, 6) is 0.0176. The standard InChI is InChI=1S/C16H22F3N5O/c1-23-7-5-12(10-23)21-14(25)11-3-8-24(9-4-11)15-20-6-2-13(22-15)16(17,18)19/h2,6,11-12H,3-5,7-10H2,1H3,(H,21,25)/t12-/m1/s1. The molecule has 138 valence electrons. The highest BCUT2D eigenvalue weighted by atomic mass is 19.4. The van der Waals surface area contributed by atoms with Crippen LogP contribution < -0.4 is 10.2 Å². The minimum atomic E-state index is -4.48. The Morgan fingerprint density at radius 3 is 2.56 bits per heavy atom. The fourth-order valence-electron chi connectivity index (χ4n) is 3.37. The molecule has 0 radical (unpaired) electrons. The predicted octanol–water partition coefficient (Wildman–Crippen LogP) is 1.53. The number of carbonyl (C=O) groups is 1. The van der Waals surface area contributed by atoms with Gasteiger partial charge in [-0.25, -0.2) is 9.97 Å². The van der Waals surface area contributed by atoms with E-state index in [1.807, 2.05) is 7.05 Å². The zero-order valence-electron chi connectivity index (χ0n) is 14.1. The molecule has 1 aromatic rings. The predicted molar refractivity (Wildman–Crippen MR) is 86.0 cm³/mol. The van der Waals surface area contributed by atoms with E-state index < -0.39 is 11.9 Å². The molecule has 1 amide bonds. The van der Waals surface area contributed by atoms with Gasteiger partial charge in [-0.3, -0.25) is 4.79 Å². The maximum Gasteiger partial charge on any atom is 0.433 e. The van der Waals surface area contributed by atoms with Crippen molar-refractivity contribution >= 4 is 11.9 Å². The summed E-state index contributed by atoms with van der Waals surface area (Å²) >= 11 is 0. The van der Waals surface area contributed by atoms with Crippen molar-refractivity contribution < 1.29 is 18.0 Å². The van der Waals surface area contributed by atoms with Gasteiger partial charge in [0.15, 0.2) is 0 Å². The lowest BCUT2D eigenvalue weighted by Gasteiger charge is -2.32. The fraction of sp³-hybridized carbons (Fsp3) is 0.688. The van der Waals surface area contributed by atoms with Gasteiger partial charge in [0.25, 0.3) is 0 Å². The van der Waals surface area contributed by atoms with Crippen LogP contribution in [-0.4, -0.2) is 60.0 Å². The number of anilines is 1. The van der Waals surface area contributed by atoms with E-state index >= 15 is 0 Å². The Labute approximate surface area is 144 Å². The van der Waals surface area contributed by atoms with E-state index in [4.69, 9.17) is 0 Å². The first-order chi connectivity index (χ1) is 11.8. The van der Waals surface area contributed by atoms with Crippen molar-refractivity contribution in [1.29, 1.82) is 0 Å². The summed E-state index contributed by atoms with van der Waals surface area (Å²) in [7, 11) is 2.03. The summed E-state index contributed by atoms with van der Waals surface area (Å²) in [6.45, 7) is 2.80. The van der Waals surface area contributed by atoms with E-state index in [1.165, 1.54) is 0 Å². The van der Waals surface area contributed by atoms with Gasteiger partial charge in [0, 0.05) is 37.8 Å². The van der Waals surface area contributed by atoms with E-state index in [1.54, 1.807) is 4.90 Å². The van der Waals surface area contributed by atoms with Crippen molar-refractivity contribution in [2.24, 2.45) is 5.92 Å². The Kier molecular flexibility index (Phi) is 5.12. The van der Waals surface area contributed by atoms with Gasteiger partial charge >= 0.3 is 6.18 Å². The molecule has 6 nitrogen and oxygen atoms in total. The van der Waals surface area contributed by atoms with Crippen molar-refractivity contribution in [1.82, 2.24) is 20.2 Å². The molecular weight excluding hydrogens is 335 g/mol. The van der Waals surface area contributed by atoms with Gasteiger partial charge in [0.2, 0.25) is 11.9 Å². The zero-order valence-corrected chi connectivity index (χ0v) is 14.1. The van der Waals surface area contributed by atoms with Crippen LogP contribution in [0.4, 0.5) is 19.1 Å². The molecule has 25 heavy (non-hydrogen) atoms. The number of alkyl halides is 3. The lowest BCUT2D eigenvalue weighted by atomic mass is 9.95. The molecule has 2 fully saturated rings. The third kappa shape index (κ3) is 4.39. The van der Waals surface area contributed by atoms with Gasteiger partial charge in [-0.05, 0) is 38.9 Å². The van der Waals surface area contributed by atoms with Gasteiger partial charge in [0.05, 0.1) is 0 Å². The highest BCUT2D eigenvalue weighted by molar-refractivity contribution is 5.79. The molecule has 3 rings (SSSR count). The highest BCUT2D eigenvalue weighted by Crippen LogP contribution is 2.29. The minimum absolute atomic E-state index is 0.0462. The van der Waals surface area contributed by atoms with Crippen molar-refractivity contribution in [2.75, 3.05) is 38.1 Å². The lowest BCUT2D eigenvalue weighted by Crippen LogP contribution is -2.45. The molecule has 0 aromatic carbocycles. The van der Waals surface area contributed by atoms with E-state index in [0.717, 1.165) is 31.8 Å². The number of halogens is 3. The van der Waals surface area contributed by atoms with Crippen LogP contribution in [0.5, 0.6) is 0 Å². The first kappa shape index (κ1) is 17.9. The van der Waals surface area contributed by atoms with Crippen LogP contribution in [0.3, 0.4) is 0 Å². The smallest absolute Gasteiger partial charge is 0.352 e. The Balaban J connectivity index is 1.54. The Bertz CT molecular complexity index is 616. The van der Waals surface area contributed by atoms with Crippen LogP contribution in [0, 0.1) is 5.92 Å².